The highest BCUT2D eigenvalue weighted by Crippen LogP contribution is 2.36. The number of benzene rings is 1. The van der Waals surface area contributed by atoms with E-state index in [0.717, 1.165) is 30.0 Å². The van der Waals surface area contributed by atoms with Crippen molar-refractivity contribution in [1.82, 2.24) is 9.97 Å². The maximum absolute atomic E-state index is 13.9. The van der Waals surface area contributed by atoms with Crippen LogP contribution in [0.4, 0.5) is 10.2 Å². The van der Waals surface area contributed by atoms with Gasteiger partial charge in [0, 0.05) is 47.2 Å². The highest BCUT2D eigenvalue weighted by molar-refractivity contribution is 6.36. The van der Waals surface area contributed by atoms with Crippen molar-refractivity contribution in [2.75, 3.05) is 31.2 Å². The van der Waals surface area contributed by atoms with Crippen molar-refractivity contribution in [3.63, 3.8) is 0 Å². The summed E-state index contributed by atoms with van der Waals surface area (Å²) in [5, 5.41) is 0.313. The van der Waals surface area contributed by atoms with Gasteiger partial charge in [-0.3, -0.25) is 4.98 Å². The van der Waals surface area contributed by atoms with Gasteiger partial charge in [-0.1, -0.05) is 23.2 Å². The second-order valence-electron chi connectivity index (χ2n) is 7.33. The summed E-state index contributed by atoms with van der Waals surface area (Å²) < 4.78 is 25.4. The Hall–Kier alpha value is -2.41. The van der Waals surface area contributed by atoms with Crippen molar-refractivity contribution in [2.45, 2.75) is 20.0 Å². The standard InChI is InChI=1S/C23H22Cl2FN3O2/c1-14-20(31-15(2)22-18(24)4-5-19(26)23(22)25)11-17(13-27-14)16-3-6-21(28-12-16)29-7-9-30-10-8-29/h3-6,11-13,15H,7-10H2,1-2H3. The smallest absolute Gasteiger partial charge is 0.142 e. The van der Waals surface area contributed by atoms with Gasteiger partial charge in [0.1, 0.15) is 23.5 Å². The van der Waals surface area contributed by atoms with E-state index in [4.69, 9.17) is 32.7 Å². The first-order chi connectivity index (χ1) is 14.9. The van der Waals surface area contributed by atoms with Gasteiger partial charge in [-0.2, -0.15) is 0 Å². The summed E-state index contributed by atoms with van der Waals surface area (Å²) in [6.07, 6.45) is 3.04. The molecule has 1 aromatic carbocycles. The van der Waals surface area contributed by atoms with E-state index in [-0.39, 0.29) is 5.02 Å². The number of morpholine rings is 1. The summed E-state index contributed by atoms with van der Waals surface area (Å²) >= 11 is 12.4. The Balaban J connectivity index is 1.57. The maximum Gasteiger partial charge on any atom is 0.142 e. The molecule has 3 aromatic rings. The molecule has 0 aliphatic carbocycles. The van der Waals surface area contributed by atoms with Crippen molar-refractivity contribution in [3.8, 4) is 16.9 Å². The Morgan fingerprint density at radius 1 is 1.06 bits per heavy atom. The largest absolute Gasteiger partial charge is 0.484 e. The van der Waals surface area contributed by atoms with E-state index in [1.165, 1.54) is 12.1 Å². The third-order valence-electron chi connectivity index (χ3n) is 5.25. The predicted octanol–water partition coefficient (Wildman–Crippen LogP) is 5.87. The van der Waals surface area contributed by atoms with Gasteiger partial charge in [-0.05, 0) is 44.2 Å². The molecule has 1 unspecified atom stereocenters. The van der Waals surface area contributed by atoms with Crippen LogP contribution in [0.5, 0.6) is 5.75 Å². The van der Waals surface area contributed by atoms with E-state index in [1.54, 1.807) is 13.1 Å². The summed E-state index contributed by atoms with van der Waals surface area (Å²) in [4.78, 5) is 11.3. The van der Waals surface area contributed by atoms with Crippen LogP contribution in [0.15, 0.2) is 42.7 Å². The normalized spacial score (nSPS) is 15.1. The lowest BCUT2D eigenvalue weighted by atomic mass is 10.1. The molecule has 0 spiro atoms. The fraction of sp³-hybridized carbons (Fsp3) is 0.304. The van der Waals surface area contributed by atoms with Crippen LogP contribution < -0.4 is 9.64 Å². The van der Waals surface area contributed by atoms with Crippen LogP contribution in [-0.4, -0.2) is 36.3 Å². The zero-order valence-electron chi connectivity index (χ0n) is 17.2. The molecule has 162 valence electrons. The molecule has 4 rings (SSSR count). The lowest BCUT2D eigenvalue weighted by molar-refractivity contribution is 0.122. The van der Waals surface area contributed by atoms with E-state index in [2.05, 4.69) is 14.9 Å². The minimum atomic E-state index is -0.562. The number of aryl methyl sites for hydroxylation is 1. The molecular formula is C23H22Cl2FN3O2. The maximum atomic E-state index is 13.9. The Morgan fingerprint density at radius 3 is 2.52 bits per heavy atom. The summed E-state index contributed by atoms with van der Waals surface area (Å²) in [5.74, 6) is 0.956. The van der Waals surface area contributed by atoms with Gasteiger partial charge >= 0.3 is 0 Å². The van der Waals surface area contributed by atoms with E-state index in [0.29, 0.717) is 35.2 Å². The molecule has 3 heterocycles. The van der Waals surface area contributed by atoms with Gasteiger partial charge in [-0.25, -0.2) is 9.37 Å². The molecule has 1 aliphatic heterocycles. The lowest BCUT2D eigenvalue weighted by Crippen LogP contribution is -2.36. The molecule has 0 saturated carbocycles. The minimum absolute atomic E-state index is 0.0373. The van der Waals surface area contributed by atoms with Crippen LogP contribution in [0.25, 0.3) is 11.1 Å². The summed E-state index contributed by atoms with van der Waals surface area (Å²) in [6, 6.07) is 8.61. The molecular weight excluding hydrogens is 440 g/mol. The average Bonchev–Trinajstić information content (AvgIpc) is 2.79. The van der Waals surface area contributed by atoms with Gasteiger partial charge in [0.2, 0.25) is 0 Å². The number of anilines is 1. The molecule has 0 radical (unpaired) electrons. The van der Waals surface area contributed by atoms with E-state index >= 15 is 0 Å². The van der Waals surface area contributed by atoms with Crippen LogP contribution in [0.1, 0.15) is 24.3 Å². The Kier molecular flexibility index (Phi) is 6.60. The van der Waals surface area contributed by atoms with Crippen molar-refractivity contribution in [2.24, 2.45) is 0 Å². The van der Waals surface area contributed by atoms with E-state index < -0.39 is 11.9 Å². The molecule has 1 aliphatic rings. The van der Waals surface area contributed by atoms with Crippen molar-refractivity contribution in [3.05, 3.63) is 69.8 Å². The van der Waals surface area contributed by atoms with Crippen LogP contribution in [0, 0.1) is 12.7 Å². The first-order valence-electron chi connectivity index (χ1n) is 10.00. The molecule has 0 amide bonds. The second-order valence-corrected chi connectivity index (χ2v) is 8.11. The van der Waals surface area contributed by atoms with Crippen molar-refractivity contribution in [1.29, 1.82) is 0 Å². The van der Waals surface area contributed by atoms with Crippen LogP contribution >= 0.6 is 23.2 Å². The molecule has 8 heteroatoms. The van der Waals surface area contributed by atoms with Crippen molar-refractivity contribution < 1.29 is 13.9 Å². The number of pyridine rings is 2. The number of nitrogens with zero attached hydrogens (tertiary/aromatic N) is 3. The molecule has 0 bridgehead atoms. The fourth-order valence-corrected chi connectivity index (χ4v) is 4.17. The SMILES string of the molecule is Cc1ncc(-c2ccc(N3CCOCC3)nc2)cc1OC(C)c1c(Cl)ccc(F)c1Cl. The summed E-state index contributed by atoms with van der Waals surface area (Å²) in [6.45, 7) is 6.71. The van der Waals surface area contributed by atoms with E-state index in [9.17, 15) is 4.39 Å². The average molecular weight is 462 g/mol. The zero-order valence-corrected chi connectivity index (χ0v) is 18.8. The monoisotopic (exact) mass is 461 g/mol. The Labute approximate surface area is 190 Å². The van der Waals surface area contributed by atoms with Crippen LogP contribution in [0.2, 0.25) is 10.0 Å². The van der Waals surface area contributed by atoms with E-state index in [1.807, 2.05) is 31.3 Å². The number of hydrogen-bond donors (Lipinski definition) is 0. The molecule has 0 N–H and O–H groups in total. The number of aromatic nitrogens is 2. The molecule has 1 atom stereocenters. The topological polar surface area (TPSA) is 47.5 Å². The summed E-state index contributed by atoms with van der Waals surface area (Å²) in [7, 11) is 0. The van der Waals surface area contributed by atoms with Gasteiger partial charge in [0.25, 0.3) is 0 Å². The third kappa shape index (κ3) is 4.76. The quantitative estimate of drug-likeness (QED) is 0.444. The number of ether oxygens (including phenoxy) is 2. The van der Waals surface area contributed by atoms with Gasteiger partial charge < -0.3 is 14.4 Å². The molecule has 1 saturated heterocycles. The Morgan fingerprint density at radius 2 is 1.81 bits per heavy atom. The van der Waals surface area contributed by atoms with Crippen LogP contribution in [0.3, 0.4) is 0 Å². The molecule has 2 aromatic heterocycles. The first kappa shape index (κ1) is 21.8. The summed E-state index contributed by atoms with van der Waals surface area (Å²) in [5.41, 5.74) is 2.90. The Bertz CT molecular complexity index is 1070. The lowest BCUT2D eigenvalue weighted by Gasteiger charge is -2.27. The first-order valence-corrected chi connectivity index (χ1v) is 10.8. The third-order valence-corrected chi connectivity index (χ3v) is 5.96. The molecule has 5 nitrogen and oxygen atoms in total. The molecule has 1 fully saturated rings. The van der Waals surface area contributed by atoms with Gasteiger partial charge in [0.15, 0.2) is 0 Å². The van der Waals surface area contributed by atoms with Gasteiger partial charge in [-0.15, -0.1) is 0 Å². The predicted molar refractivity (Wildman–Crippen MR) is 121 cm³/mol. The van der Waals surface area contributed by atoms with Gasteiger partial charge in [0.05, 0.1) is 23.9 Å². The molecule has 31 heavy (non-hydrogen) atoms. The van der Waals surface area contributed by atoms with Crippen LogP contribution in [-0.2, 0) is 4.74 Å². The minimum Gasteiger partial charge on any atom is -0.484 e. The zero-order chi connectivity index (χ0) is 22.0. The second kappa shape index (κ2) is 9.39. The fourth-order valence-electron chi connectivity index (χ4n) is 3.49. The number of hydrogen-bond acceptors (Lipinski definition) is 5. The number of halogens is 3. The highest BCUT2D eigenvalue weighted by Gasteiger charge is 2.20. The number of rotatable bonds is 5. The van der Waals surface area contributed by atoms with Crippen molar-refractivity contribution >= 4 is 29.0 Å². The highest BCUT2D eigenvalue weighted by atomic mass is 35.5.